The second kappa shape index (κ2) is 6.62. The highest BCUT2D eigenvalue weighted by molar-refractivity contribution is 5.36. The van der Waals surface area contributed by atoms with Gasteiger partial charge in [0, 0.05) is 50.8 Å². The summed E-state index contributed by atoms with van der Waals surface area (Å²) in [6, 6.07) is 0. The molecule has 3 aromatic heterocycles. The molecule has 0 N–H and O–H groups in total. The van der Waals surface area contributed by atoms with Crippen LogP contribution < -0.4 is 4.90 Å². The molecule has 1 fully saturated rings. The lowest BCUT2D eigenvalue weighted by Gasteiger charge is -2.32. The molecule has 8 nitrogen and oxygen atoms in total. The van der Waals surface area contributed by atoms with E-state index in [4.69, 9.17) is 0 Å². The van der Waals surface area contributed by atoms with Crippen LogP contribution in [0.25, 0.3) is 0 Å². The van der Waals surface area contributed by atoms with Crippen LogP contribution in [0.1, 0.15) is 36.2 Å². The summed E-state index contributed by atoms with van der Waals surface area (Å²) in [7, 11) is 2.05. The molecule has 1 saturated heterocycles. The Morgan fingerprint density at radius 2 is 2.08 bits per heavy atom. The number of nitrogens with zero attached hydrogens (tertiary/aromatic N) is 8. The fourth-order valence-electron chi connectivity index (χ4n) is 3.44. The second-order valence-corrected chi connectivity index (χ2v) is 6.48. The Hall–Kier alpha value is -2.77. The molecule has 1 atom stereocenters. The summed E-state index contributed by atoms with van der Waals surface area (Å²) < 4.78 is 4.21. The lowest BCUT2D eigenvalue weighted by molar-refractivity contribution is 0.475. The molecule has 4 rings (SSSR count). The molecule has 0 amide bonds. The molecular weight excluding hydrogens is 316 g/mol. The van der Waals surface area contributed by atoms with Crippen molar-refractivity contribution in [3.05, 3.63) is 48.5 Å². The summed E-state index contributed by atoms with van der Waals surface area (Å²) in [6.45, 7) is 4.59. The minimum Gasteiger partial charge on any atom is -0.355 e. The maximum Gasteiger partial charge on any atom is 0.152 e. The van der Waals surface area contributed by atoms with Gasteiger partial charge in [0.25, 0.3) is 0 Å². The molecule has 0 aromatic carbocycles. The van der Waals surface area contributed by atoms with Crippen LogP contribution in [0.15, 0.2) is 31.0 Å². The van der Waals surface area contributed by atoms with E-state index in [2.05, 4.69) is 46.2 Å². The largest absolute Gasteiger partial charge is 0.355 e. The standard InChI is InChI=1S/C17H22N8/c1-13-19-7-9-24(13)12-16-21-22-17(23(16)2)14-4-3-8-25(11-14)15-10-18-5-6-20-15/h5-7,9-10,14H,3-4,8,11-12H2,1-2H3. The van der Waals surface area contributed by atoms with E-state index in [1.54, 1.807) is 12.4 Å². The molecule has 8 heteroatoms. The van der Waals surface area contributed by atoms with Crippen molar-refractivity contribution in [3.63, 3.8) is 0 Å². The molecule has 0 aliphatic carbocycles. The predicted molar refractivity (Wildman–Crippen MR) is 93.3 cm³/mol. The first kappa shape index (κ1) is 15.7. The second-order valence-electron chi connectivity index (χ2n) is 6.48. The van der Waals surface area contributed by atoms with Gasteiger partial charge >= 0.3 is 0 Å². The van der Waals surface area contributed by atoms with Crippen molar-refractivity contribution in [2.24, 2.45) is 7.05 Å². The summed E-state index contributed by atoms with van der Waals surface area (Å²) in [5, 5.41) is 8.92. The van der Waals surface area contributed by atoms with Crippen molar-refractivity contribution >= 4 is 5.82 Å². The highest BCUT2D eigenvalue weighted by Crippen LogP contribution is 2.28. The fraction of sp³-hybridized carbons (Fsp3) is 0.471. The maximum absolute atomic E-state index is 4.49. The molecule has 1 unspecified atom stereocenters. The van der Waals surface area contributed by atoms with Gasteiger partial charge in [-0.05, 0) is 19.8 Å². The van der Waals surface area contributed by atoms with E-state index in [1.165, 1.54) is 0 Å². The van der Waals surface area contributed by atoms with E-state index in [-0.39, 0.29) is 0 Å². The van der Waals surface area contributed by atoms with Crippen molar-refractivity contribution in [3.8, 4) is 0 Å². The average Bonchev–Trinajstić information content (AvgIpc) is 3.22. The van der Waals surface area contributed by atoms with E-state index in [0.29, 0.717) is 12.5 Å². The first-order valence-corrected chi connectivity index (χ1v) is 8.59. The van der Waals surface area contributed by atoms with Gasteiger partial charge < -0.3 is 14.0 Å². The van der Waals surface area contributed by atoms with E-state index >= 15 is 0 Å². The summed E-state index contributed by atoms with van der Waals surface area (Å²) in [4.78, 5) is 15.2. The van der Waals surface area contributed by atoms with Crippen LogP contribution >= 0.6 is 0 Å². The molecule has 1 aliphatic rings. The Labute approximate surface area is 146 Å². The molecule has 0 radical (unpaired) electrons. The van der Waals surface area contributed by atoms with Gasteiger partial charge in [-0.25, -0.2) is 9.97 Å². The van der Waals surface area contributed by atoms with Crippen molar-refractivity contribution in [2.75, 3.05) is 18.0 Å². The van der Waals surface area contributed by atoms with Gasteiger partial charge in [-0.1, -0.05) is 0 Å². The topological polar surface area (TPSA) is 77.6 Å². The third-order valence-electron chi connectivity index (χ3n) is 4.89. The van der Waals surface area contributed by atoms with Crippen molar-refractivity contribution in [1.29, 1.82) is 0 Å². The average molecular weight is 338 g/mol. The third-order valence-corrected chi connectivity index (χ3v) is 4.89. The molecule has 0 saturated carbocycles. The molecule has 130 valence electrons. The third kappa shape index (κ3) is 3.11. The highest BCUT2D eigenvalue weighted by Gasteiger charge is 2.26. The summed E-state index contributed by atoms with van der Waals surface area (Å²) >= 11 is 0. The van der Waals surface area contributed by atoms with Crippen molar-refractivity contribution < 1.29 is 0 Å². The molecule has 1 aliphatic heterocycles. The highest BCUT2D eigenvalue weighted by atomic mass is 15.3. The van der Waals surface area contributed by atoms with Gasteiger partial charge in [0.1, 0.15) is 17.5 Å². The number of imidazole rings is 1. The van der Waals surface area contributed by atoms with Gasteiger partial charge in [0.05, 0.1) is 12.7 Å². The lowest BCUT2D eigenvalue weighted by atomic mass is 9.97. The zero-order chi connectivity index (χ0) is 17.2. The van der Waals surface area contributed by atoms with Crippen molar-refractivity contribution in [2.45, 2.75) is 32.2 Å². The quantitative estimate of drug-likeness (QED) is 0.718. The summed E-state index contributed by atoms with van der Waals surface area (Å²) in [6.07, 6.45) is 11.3. The molecular formula is C17H22N8. The van der Waals surface area contributed by atoms with Crippen LogP contribution in [0.5, 0.6) is 0 Å². The van der Waals surface area contributed by atoms with E-state index < -0.39 is 0 Å². The van der Waals surface area contributed by atoms with Gasteiger partial charge in [0.15, 0.2) is 5.82 Å². The number of hydrogen-bond acceptors (Lipinski definition) is 6. The number of hydrogen-bond donors (Lipinski definition) is 0. The number of aryl methyl sites for hydroxylation is 1. The fourth-order valence-corrected chi connectivity index (χ4v) is 3.44. The van der Waals surface area contributed by atoms with Crippen LogP contribution in [-0.4, -0.2) is 47.4 Å². The normalized spacial score (nSPS) is 17.8. The van der Waals surface area contributed by atoms with Gasteiger partial charge in [-0.2, -0.15) is 0 Å². The minimum atomic E-state index is 0.353. The van der Waals surface area contributed by atoms with Crippen LogP contribution in [0, 0.1) is 6.92 Å². The zero-order valence-corrected chi connectivity index (χ0v) is 14.6. The lowest BCUT2D eigenvalue weighted by Crippen LogP contribution is -2.36. The van der Waals surface area contributed by atoms with Gasteiger partial charge in [0.2, 0.25) is 0 Å². The van der Waals surface area contributed by atoms with Crippen LogP contribution in [0.4, 0.5) is 5.82 Å². The Morgan fingerprint density at radius 3 is 2.84 bits per heavy atom. The molecule has 4 heterocycles. The Morgan fingerprint density at radius 1 is 1.16 bits per heavy atom. The Kier molecular flexibility index (Phi) is 4.17. The molecule has 0 spiro atoms. The maximum atomic E-state index is 4.49. The van der Waals surface area contributed by atoms with E-state index in [0.717, 1.165) is 49.2 Å². The first-order valence-electron chi connectivity index (χ1n) is 8.59. The monoisotopic (exact) mass is 338 g/mol. The Bertz CT molecular complexity index is 837. The van der Waals surface area contributed by atoms with Crippen LogP contribution in [0.3, 0.4) is 0 Å². The SMILES string of the molecule is Cc1nccn1Cc1nnc(C2CCCN(c3cnccn3)C2)n1C. The van der Waals surface area contributed by atoms with Crippen molar-refractivity contribution in [1.82, 2.24) is 34.3 Å². The summed E-state index contributed by atoms with van der Waals surface area (Å²) in [5.41, 5.74) is 0. The molecule has 0 bridgehead atoms. The minimum absolute atomic E-state index is 0.353. The van der Waals surface area contributed by atoms with E-state index in [1.807, 2.05) is 25.5 Å². The number of piperidine rings is 1. The van der Waals surface area contributed by atoms with E-state index in [9.17, 15) is 0 Å². The van der Waals surface area contributed by atoms with Crippen LogP contribution in [-0.2, 0) is 13.6 Å². The number of aromatic nitrogens is 7. The molecule has 25 heavy (non-hydrogen) atoms. The summed E-state index contributed by atoms with van der Waals surface area (Å²) in [5.74, 6) is 4.26. The zero-order valence-electron chi connectivity index (χ0n) is 14.6. The predicted octanol–water partition coefficient (Wildman–Crippen LogP) is 1.54. The first-order chi connectivity index (χ1) is 12.2. The van der Waals surface area contributed by atoms with Gasteiger partial charge in [-0.15, -0.1) is 10.2 Å². The smallest absolute Gasteiger partial charge is 0.152 e. The Balaban J connectivity index is 1.53. The van der Waals surface area contributed by atoms with Gasteiger partial charge in [-0.3, -0.25) is 4.98 Å². The number of anilines is 1. The number of rotatable bonds is 4. The van der Waals surface area contributed by atoms with Crippen LogP contribution in [0.2, 0.25) is 0 Å². The molecule has 3 aromatic rings.